The summed E-state index contributed by atoms with van der Waals surface area (Å²) in [7, 11) is 0. The van der Waals surface area contributed by atoms with Crippen LogP contribution in [0.15, 0.2) is 18.2 Å². The van der Waals surface area contributed by atoms with Gasteiger partial charge in [0.2, 0.25) is 0 Å². The van der Waals surface area contributed by atoms with E-state index < -0.39 is 0 Å². The topological polar surface area (TPSA) is 24.5 Å². The maximum atomic E-state index is 6.12. The Morgan fingerprint density at radius 3 is 3.20 bits per heavy atom. The summed E-state index contributed by atoms with van der Waals surface area (Å²) in [6, 6.07) is 7.29. The van der Waals surface area contributed by atoms with Crippen molar-refractivity contribution >= 4 is 0 Å². The second-order valence-corrected chi connectivity index (χ2v) is 6.74. The van der Waals surface area contributed by atoms with Crippen LogP contribution in [0, 0.1) is 12.8 Å². The van der Waals surface area contributed by atoms with Gasteiger partial charge in [-0.25, -0.2) is 0 Å². The van der Waals surface area contributed by atoms with Crippen molar-refractivity contribution in [3.05, 3.63) is 29.3 Å². The average molecular weight is 272 g/mol. The maximum absolute atomic E-state index is 6.12. The van der Waals surface area contributed by atoms with E-state index in [1.165, 1.54) is 43.6 Å². The Balaban J connectivity index is 1.37. The number of nitrogens with zero attached hydrogens (tertiary/aromatic N) is 1. The van der Waals surface area contributed by atoms with Crippen LogP contribution in [0.4, 0.5) is 0 Å². The Morgan fingerprint density at radius 2 is 2.30 bits per heavy atom. The third kappa shape index (κ3) is 2.33. The van der Waals surface area contributed by atoms with E-state index in [1.807, 2.05) is 0 Å². The van der Waals surface area contributed by atoms with E-state index in [1.54, 1.807) is 0 Å². The maximum Gasteiger partial charge on any atom is 0.123 e. The van der Waals surface area contributed by atoms with Crippen LogP contribution in [0.1, 0.15) is 24.0 Å². The van der Waals surface area contributed by atoms with E-state index in [2.05, 4.69) is 35.3 Å². The molecule has 3 atom stereocenters. The average Bonchev–Trinajstić information content (AvgIpc) is 3.00. The molecule has 3 heterocycles. The van der Waals surface area contributed by atoms with Gasteiger partial charge >= 0.3 is 0 Å². The van der Waals surface area contributed by atoms with Crippen molar-refractivity contribution in [1.82, 2.24) is 10.2 Å². The fourth-order valence-electron chi connectivity index (χ4n) is 4.12. The lowest BCUT2D eigenvalue weighted by Gasteiger charge is -2.24. The van der Waals surface area contributed by atoms with E-state index in [4.69, 9.17) is 4.74 Å². The van der Waals surface area contributed by atoms with E-state index in [0.29, 0.717) is 6.10 Å². The van der Waals surface area contributed by atoms with Crippen LogP contribution in [-0.2, 0) is 6.42 Å². The molecule has 0 bridgehead atoms. The van der Waals surface area contributed by atoms with Gasteiger partial charge in [0.05, 0.1) is 0 Å². The predicted molar refractivity (Wildman–Crippen MR) is 80.3 cm³/mol. The number of rotatable bonds is 2. The van der Waals surface area contributed by atoms with Crippen molar-refractivity contribution in [2.45, 2.75) is 38.3 Å². The lowest BCUT2D eigenvalue weighted by Crippen LogP contribution is -2.41. The van der Waals surface area contributed by atoms with Crippen LogP contribution in [0.2, 0.25) is 0 Å². The smallest absolute Gasteiger partial charge is 0.123 e. The summed E-state index contributed by atoms with van der Waals surface area (Å²) in [6.45, 7) is 6.92. The van der Waals surface area contributed by atoms with Crippen LogP contribution in [-0.4, -0.2) is 43.2 Å². The fourth-order valence-corrected chi connectivity index (χ4v) is 4.12. The lowest BCUT2D eigenvalue weighted by atomic mass is 9.94. The largest absolute Gasteiger partial charge is 0.488 e. The van der Waals surface area contributed by atoms with E-state index in [-0.39, 0.29) is 0 Å². The second-order valence-electron chi connectivity index (χ2n) is 6.74. The molecule has 0 aliphatic carbocycles. The van der Waals surface area contributed by atoms with Gasteiger partial charge in [0.1, 0.15) is 11.9 Å². The van der Waals surface area contributed by atoms with Gasteiger partial charge in [0, 0.05) is 32.1 Å². The zero-order chi connectivity index (χ0) is 13.5. The number of likely N-dealkylation sites (tertiary alicyclic amines) is 1. The van der Waals surface area contributed by atoms with Gasteiger partial charge in [-0.2, -0.15) is 0 Å². The summed E-state index contributed by atoms with van der Waals surface area (Å²) in [5.41, 5.74) is 2.73. The SMILES string of the molecule is Cc1ccc2c(c1)CC(CN1C[C@@H]3CCCN[C@@H]3C1)O2. The third-order valence-electron chi connectivity index (χ3n) is 5.09. The first-order valence-corrected chi connectivity index (χ1v) is 8.00. The number of hydrogen-bond acceptors (Lipinski definition) is 3. The number of benzene rings is 1. The number of ether oxygens (including phenoxy) is 1. The molecule has 1 aromatic rings. The standard InChI is InChI=1S/C17H24N2O/c1-12-4-5-17-14(7-12)8-15(20-17)10-19-9-13-3-2-6-18-16(13)11-19/h4-5,7,13,15-16,18H,2-3,6,8-11H2,1H3/t13-,15?,16+/m0/s1. The minimum absolute atomic E-state index is 0.354. The highest BCUT2D eigenvalue weighted by molar-refractivity contribution is 5.40. The van der Waals surface area contributed by atoms with E-state index in [9.17, 15) is 0 Å². The minimum atomic E-state index is 0.354. The quantitative estimate of drug-likeness (QED) is 0.891. The first-order chi connectivity index (χ1) is 9.78. The zero-order valence-corrected chi connectivity index (χ0v) is 12.3. The van der Waals surface area contributed by atoms with Crippen molar-refractivity contribution in [1.29, 1.82) is 0 Å². The van der Waals surface area contributed by atoms with Gasteiger partial charge < -0.3 is 10.1 Å². The Bertz CT molecular complexity index is 488. The first-order valence-electron chi connectivity index (χ1n) is 8.00. The van der Waals surface area contributed by atoms with Crippen molar-refractivity contribution in [3.8, 4) is 5.75 Å². The molecule has 2 fully saturated rings. The van der Waals surface area contributed by atoms with Gasteiger partial charge in [-0.3, -0.25) is 4.90 Å². The predicted octanol–water partition coefficient (Wildman–Crippen LogP) is 1.98. The van der Waals surface area contributed by atoms with Gasteiger partial charge in [0.25, 0.3) is 0 Å². The molecule has 1 aromatic carbocycles. The Kier molecular flexibility index (Phi) is 3.20. The molecule has 4 rings (SSSR count). The highest BCUT2D eigenvalue weighted by Gasteiger charge is 2.36. The highest BCUT2D eigenvalue weighted by Crippen LogP contribution is 2.31. The number of nitrogens with one attached hydrogen (secondary N) is 1. The normalized spacial score (nSPS) is 32.8. The zero-order valence-electron chi connectivity index (χ0n) is 12.3. The van der Waals surface area contributed by atoms with Crippen LogP contribution < -0.4 is 10.1 Å². The lowest BCUT2D eigenvalue weighted by molar-refractivity contribution is 0.165. The summed E-state index contributed by atoms with van der Waals surface area (Å²) in [4.78, 5) is 2.61. The van der Waals surface area contributed by atoms with Crippen LogP contribution in [0.3, 0.4) is 0 Å². The molecular formula is C17H24N2O. The monoisotopic (exact) mass is 272 g/mol. The molecular weight excluding hydrogens is 248 g/mol. The number of piperidine rings is 1. The van der Waals surface area contributed by atoms with Crippen molar-refractivity contribution in [2.75, 3.05) is 26.2 Å². The van der Waals surface area contributed by atoms with Gasteiger partial charge in [-0.15, -0.1) is 0 Å². The minimum Gasteiger partial charge on any atom is -0.488 e. The van der Waals surface area contributed by atoms with Crippen LogP contribution >= 0.6 is 0 Å². The molecule has 20 heavy (non-hydrogen) atoms. The summed E-state index contributed by atoms with van der Waals surface area (Å²) in [5.74, 6) is 1.98. The van der Waals surface area contributed by atoms with Crippen molar-refractivity contribution in [3.63, 3.8) is 0 Å². The summed E-state index contributed by atoms with van der Waals surface area (Å²) in [5, 5.41) is 3.68. The molecule has 0 radical (unpaired) electrons. The van der Waals surface area contributed by atoms with Crippen LogP contribution in [0.5, 0.6) is 5.75 Å². The number of hydrogen-bond donors (Lipinski definition) is 1. The number of fused-ring (bicyclic) bond motifs is 2. The molecule has 0 amide bonds. The van der Waals surface area contributed by atoms with Gasteiger partial charge in [-0.05, 0) is 43.9 Å². The first kappa shape index (κ1) is 12.7. The van der Waals surface area contributed by atoms with Crippen LogP contribution in [0.25, 0.3) is 0 Å². The Hall–Kier alpha value is -1.06. The second kappa shape index (κ2) is 5.05. The fraction of sp³-hybridized carbons (Fsp3) is 0.647. The molecule has 1 N–H and O–H groups in total. The van der Waals surface area contributed by atoms with Crippen molar-refractivity contribution < 1.29 is 4.74 Å². The molecule has 0 saturated carbocycles. The molecule has 2 saturated heterocycles. The van der Waals surface area contributed by atoms with Gasteiger partial charge in [0.15, 0.2) is 0 Å². The molecule has 3 heteroatoms. The summed E-state index contributed by atoms with van der Waals surface area (Å²) < 4.78 is 6.12. The van der Waals surface area contributed by atoms with E-state index >= 15 is 0 Å². The van der Waals surface area contributed by atoms with E-state index in [0.717, 1.165) is 30.7 Å². The highest BCUT2D eigenvalue weighted by atomic mass is 16.5. The van der Waals surface area contributed by atoms with Crippen molar-refractivity contribution in [2.24, 2.45) is 5.92 Å². The molecule has 0 aromatic heterocycles. The molecule has 3 aliphatic rings. The summed E-state index contributed by atoms with van der Waals surface area (Å²) >= 11 is 0. The number of aryl methyl sites for hydroxylation is 1. The molecule has 3 nitrogen and oxygen atoms in total. The van der Waals surface area contributed by atoms with Gasteiger partial charge in [-0.1, -0.05) is 17.7 Å². The molecule has 3 aliphatic heterocycles. The molecule has 0 spiro atoms. The third-order valence-corrected chi connectivity index (χ3v) is 5.09. The molecule has 108 valence electrons. The molecule has 1 unspecified atom stereocenters. The Labute approximate surface area is 121 Å². The Morgan fingerprint density at radius 1 is 1.35 bits per heavy atom. The summed E-state index contributed by atoms with van der Waals surface area (Å²) in [6.07, 6.45) is 4.18.